The summed E-state index contributed by atoms with van der Waals surface area (Å²) in [5.74, 6) is -0.588. The zero-order valence-corrected chi connectivity index (χ0v) is 12.3. The van der Waals surface area contributed by atoms with Gasteiger partial charge >= 0.3 is 0 Å². The molecule has 1 saturated heterocycles. The van der Waals surface area contributed by atoms with E-state index >= 15 is 0 Å². The zero-order chi connectivity index (χ0) is 14.4. The fourth-order valence-corrected chi connectivity index (χ4v) is 3.19. The third-order valence-electron chi connectivity index (χ3n) is 4.24. The standard InChI is InChI=1S/C16H16ClNO2/c1-9-3-6-12-13(7-9)16(20)18(15(12)19)11-5-4-10(2)14(17)8-11/h3-5,8,12-13H,6-7H2,1-2H3/t12-,13-/m1/s1. The fraction of sp³-hybridized carbons (Fsp3) is 0.375. The van der Waals surface area contributed by atoms with Crippen molar-refractivity contribution in [3.8, 4) is 0 Å². The maximum atomic E-state index is 12.5. The highest BCUT2D eigenvalue weighted by Gasteiger charge is 2.48. The number of benzene rings is 1. The molecule has 0 unspecified atom stereocenters. The van der Waals surface area contributed by atoms with E-state index in [0.29, 0.717) is 23.6 Å². The molecule has 2 atom stereocenters. The first-order valence-electron chi connectivity index (χ1n) is 6.78. The summed E-state index contributed by atoms with van der Waals surface area (Å²) in [6.45, 7) is 3.91. The van der Waals surface area contributed by atoms with Crippen LogP contribution in [0.15, 0.2) is 29.8 Å². The van der Waals surface area contributed by atoms with Gasteiger partial charge in [0.05, 0.1) is 17.5 Å². The number of aryl methyl sites for hydroxylation is 1. The van der Waals surface area contributed by atoms with Gasteiger partial charge in [-0.1, -0.05) is 29.3 Å². The average molecular weight is 290 g/mol. The molecule has 4 heteroatoms. The van der Waals surface area contributed by atoms with Gasteiger partial charge in [0.25, 0.3) is 0 Å². The Kier molecular flexibility index (Phi) is 3.17. The van der Waals surface area contributed by atoms with E-state index in [1.807, 2.05) is 19.9 Å². The topological polar surface area (TPSA) is 37.4 Å². The van der Waals surface area contributed by atoms with E-state index in [1.54, 1.807) is 12.1 Å². The average Bonchev–Trinajstić information content (AvgIpc) is 2.65. The molecule has 1 heterocycles. The first-order chi connectivity index (χ1) is 9.49. The quantitative estimate of drug-likeness (QED) is 0.586. The monoisotopic (exact) mass is 289 g/mol. The molecule has 0 saturated carbocycles. The van der Waals surface area contributed by atoms with Crippen molar-refractivity contribution in [2.45, 2.75) is 26.7 Å². The molecule has 0 aromatic heterocycles. The summed E-state index contributed by atoms with van der Waals surface area (Å²) in [6, 6.07) is 5.32. The highest BCUT2D eigenvalue weighted by molar-refractivity contribution is 6.32. The molecule has 0 radical (unpaired) electrons. The van der Waals surface area contributed by atoms with E-state index in [-0.39, 0.29) is 23.7 Å². The molecule has 104 valence electrons. The van der Waals surface area contributed by atoms with Crippen LogP contribution in [0.3, 0.4) is 0 Å². The predicted octanol–water partition coefficient (Wildman–Crippen LogP) is 3.49. The number of fused-ring (bicyclic) bond motifs is 1. The van der Waals surface area contributed by atoms with Crippen molar-refractivity contribution in [1.29, 1.82) is 0 Å². The number of carbonyl (C=O) groups excluding carboxylic acids is 2. The Hall–Kier alpha value is -1.61. The lowest BCUT2D eigenvalue weighted by Gasteiger charge is -2.18. The minimum absolute atomic E-state index is 0.0904. The van der Waals surface area contributed by atoms with Crippen LogP contribution in [0.4, 0.5) is 5.69 Å². The zero-order valence-electron chi connectivity index (χ0n) is 11.5. The van der Waals surface area contributed by atoms with Crippen LogP contribution in [0.25, 0.3) is 0 Å². The molecule has 2 amide bonds. The maximum absolute atomic E-state index is 12.5. The summed E-state index contributed by atoms with van der Waals surface area (Å²) in [7, 11) is 0. The number of hydrogen-bond acceptors (Lipinski definition) is 2. The number of carbonyl (C=O) groups is 2. The second kappa shape index (κ2) is 4.74. The highest BCUT2D eigenvalue weighted by atomic mass is 35.5. The van der Waals surface area contributed by atoms with Crippen molar-refractivity contribution >= 4 is 29.1 Å². The van der Waals surface area contributed by atoms with Crippen molar-refractivity contribution in [3.63, 3.8) is 0 Å². The lowest BCUT2D eigenvalue weighted by Crippen LogP contribution is -2.30. The molecule has 20 heavy (non-hydrogen) atoms. The van der Waals surface area contributed by atoms with Gasteiger partial charge < -0.3 is 0 Å². The van der Waals surface area contributed by atoms with Crippen LogP contribution in [-0.2, 0) is 9.59 Å². The summed E-state index contributed by atoms with van der Waals surface area (Å²) in [5.41, 5.74) is 2.71. The normalized spacial score (nSPS) is 25.8. The van der Waals surface area contributed by atoms with E-state index in [1.165, 1.54) is 10.5 Å². The van der Waals surface area contributed by atoms with Crippen LogP contribution in [0.2, 0.25) is 5.02 Å². The third-order valence-corrected chi connectivity index (χ3v) is 4.64. The number of allylic oxidation sites excluding steroid dienone is 2. The number of amides is 2. The Balaban J connectivity index is 1.97. The molecule has 2 aliphatic rings. The van der Waals surface area contributed by atoms with Crippen LogP contribution in [-0.4, -0.2) is 11.8 Å². The largest absolute Gasteiger partial charge is 0.274 e. The van der Waals surface area contributed by atoms with Crippen LogP contribution >= 0.6 is 11.6 Å². The van der Waals surface area contributed by atoms with Gasteiger partial charge in [-0.2, -0.15) is 0 Å². The van der Waals surface area contributed by atoms with Crippen molar-refractivity contribution in [2.24, 2.45) is 11.8 Å². The number of rotatable bonds is 1. The van der Waals surface area contributed by atoms with Gasteiger partial charge in [0.2, 0.25) is 11.8 Å². The molecule has 3 rings (SSSR count). The lowest BCUT2D eigenvalue weighted by molar-refractivity contribution is -0.122. The number of nitrogens with zero attached hydrogens (tertiary/aromatic N) is 1. The van der Waals surface area contributed by atoms with Crippen molar-refractivity contribution < 1.29 is 9.59 Å². The van der Waals surface area contributed by atoms with Gasteiger partial charge in [-0.15, -0.1) is 0 Å². The Morgan fingerprint density at radius 2 is 1.85 bits per heavy atom. The molecule has 1 aromatic rings. The van der Waals surface area contributed by atoms with Crippen LogP contribution in [0, 0.1) is 18.8 Å². The maximum Gasteiger partial charge on any atom is 0.238 e. The van der Waals surface area contributed by atoms with Crippen LogP contribution < -0.4 is 4.90 Å². The smallest absolute Gasteiger partial charge is 0.238 e. The van der Waals surface area contributed by atoms with Gasteiger partial charge in [0.15, 0.2) is 0 Å². The Morgan fingerprint density at radius 3 is 2.55 bits per heavy atom. The first kappa shape index (κ1) is 13.4. The van der Waals surface area contributed by atoms with Gasteiger partial charge in [-0.25, -0.2) is 4.90 Å². The van der Waals surface area contributed by atoms with Gasteiger partial charge in [-0.3, -0.25) is 9.59 Å². The summed E-state index contributed by atoms with van der Waals surface area (Å²) < 4.78 is 0. The summed E-state index contributed by atoms with van der Waals surface area (Å²) in [6.07, 6.45) is 3.42. The number of anilines is 1. The van der Waals surface area contributed by atoms with Gasteiger partial charge in [-0.05, 0) is 44.4 Å². The number of halogens is 1. The molecule has 0 spiro atoms. The minimum atomic E-state index is -0.203. The van der Waals surface area contributed by atoms with E-state index in [4.69, 9.17) is 11.6 Å². The van der Waals surface area contributed by atoms with E-state index in [0.717, 1.165) is 5.56 Å². The molecule has 1 aliphatic carbocycles. The Labute approximate surface area is 123 Å². The Bertz CT molecular complexity index is 635. The molecule has 0 bridgehead atoms. The van der Waals surface area contributed by atoms with Crippen LogP contribution in [0.5, 0.6) is 0 Å². The Morgan fingerprint density at radius 1 is 1.15 bits per heavy atom. The first-order valence-corrected chi connectivity index (χ1v) is 7.16. The minimum Gasteiger partial charge on any atom is -0.274 e. The van der Waals surface area contributed by atoms with Gasteiger partial charge in [0.1, 0.15) is 0 Å². The van der Waals surface area contributed by atoms with E-state index in [9.17, 15) is 9.59 Å². The van der Waals surface area contributed by atoms with Crippen molar-refractivity contribution in [2.75, 3.05) is 4.90 Å². The third kappa shape index (κ3) is 1.97. The number of imide groups is 1. The van der Waals surface area contributed by atoms with Crippen molar-refractivity contribution in [3.05, 3.63) is 40.4 Å². The summed E-state index contributed by atoms with van der Waals surface area (Å²) in [5, 5.41) is 0.576. The summed E-state index contributed by atoms with van der Waals surface area (Å²) in [4.78, 5) is 26.3. The molecular formula is C16H16ClNO2. The van der Waals surface area contributed by atoms with E-state index in [2.05, 4.69) is 6.08 Å². The molecule has 1 fully saturated rings. The van der Waals surface area contributed by atoms with Gasteiger partial charge in [0, 0.05) is 5.02 Å². The second-order valence-electron chi connectivity index (χ2n) is 5.65. The molecule has 1 aliphatic heterocycles. The SMILES string of the molecule is CC1=CC[C@H]2C(=O)N(c3ccc(C)c(Cl)c3)C(=O)[C@@H]2C1. The molecule has 0 N–H and O–H groups in total. The molecule has 1 aromatic carbocycles. The van der Waals surface area contributed by atoms with Crippen molar-refractivity contribution in [1.82, 2.24) is 0 Å². The number of hydrogen-bond donors (Lipinski definition) is 0. The lowest BCUT2D eigenvalue weighted by atomic mass is 9.82. The fourth-order valence-electron chi connectivity index (χ4n) is 3.01. The predicted molar refractivity (Wildman–Crippen MR) is 78.7 cm³/mol. The molecule has 3 nitrogen and oxygen atoms in total. The van der Waals surface area contributed by atoms with E-state index < -0.39 is 0 Å². The second-order valence-corrected chi connectivity index (χ2v) is 6.06. The highest BCUT2D eigenvalue weighted by Crippen LogP contribution is 2.40. The van der Waals surface area contributed by atoms with Crippen LogP contribution in [0.1, 0.15) is 25.3 Å². The molecular weight excluding hydrogens is 274 g/mol. The summed E-state index contributed by atoms with van der Waals surface area (Å²) >= 11 is 6.10.